The standard InChI is InChI=1S/C25H22N4O2/c1-31-20-7-2-5-18(16-20)24-27-13-11-22(28-24)23-8-4-14-29(23)25(30)19-9-10-21-17(15-19)6-3-12-26-21/h2-3,5-7,9-13,15-16,23H,4,8,14H2,1H3/t23-/m1/s1. The van der Waals surface area contributed by atoms with E-state index in [-0.39, 0.29) is 11.9 Å². The Hall–Kier alpha value is -3.80. The van der Waals surface area contributed by atoms with Crippen LogP contribution in [0.1, 0.15) is 34.9 Å². The van der Waals surface area contributed by atoms with Crippen LogP contribution in [0.3, 0.4) is 0 Å². The molecule has 1 aliphatic rings. The van der Waals surface area contributed by atoms with Crippen LogP contribution in [0.5, 0.6) is 5.75 Å². The number of likely N-dealkylation sites (tertiary alicyclic amines) is 1. The zero-order valence-corrected chi connectivity index (χ0v) is 17.2. The first kappa shape index (κ1) is 19.2. The number of carbonyl (C=O) groups is 1. The van der Waals surface area contributed by atoms with Crippen LogP contribution in [-0.4, -0.2) is 39.4 Å². The number of carbonyl (C=O) groups excluding carboxylic acids is 1. The summed E-state index contributed by atoms with van der Waals surface area (Å²) in [6.07, 6.45) is 5.36. The number of fused-ring (bicyclic) bond motifs is 1. The highest BCUT2D eigenvalue weighted by atomic mass is 16.5. The summed E-state index contributed by atoms with van der Waals surface area (Å²) in [6.45, 7) is 0.715. The molecule has 1 saturated heterocycles. The van der Waals surface area contributed by atoms with E-state index in [1.165, 1.54) is 0 Å². The lowest BCUT2D eigenvalue weighted by Gasteiger charge is -2.24. The number of hydrogen-bond acceptors (Lipinski definition) is 5. The summed E-state index contributed by atoms with van der Waals surface area (Å²) in [6, 6.07) is 19.1. The van der Waals surface area contributed by atoms with Crippen molar-refractivity contribution in [3.05, 3.63) is 84.3 Å². The van der Waals surface area contributed by atoms with Crippen LogP contribution in [0.15, 0.2) is 73.1 Å². The van der Waals surface area contributed by atoms with Crippen molar-refractivity contribution in [2.75, 3.05) is 13.7 Å². The van der Waals surface area contributed by atoms with Gasteiger partial charge in [-0.2, -0.15) is 0 Å². The van der Waals surface area contributed by atoms with Crippen molar-refractivity contribution >= 4 is 16.8 Å². The fourth-order valence-electron chi connectivity index (χ4n) is 4.15. The average Bonchev–Trinajstić information content (AvgIpc) is 3.33. The SMILES string of the molecule is COc1cccc(-c2nccc([C@H]3CCCN3C(=O)c3ccc4ncccc4c3)n2)c1. The van der Waals surface area contributed by atoms with Gasteiger partial charge in [0.2, 0.25) is 0 Å². The highest BCUT2D eigenvalue weighted by Crippen LogP contribution is 2.33. The quantitative estimate of drug-likeness (QED) is 0.489. The number of methoxy groups -OCH3 is 1. The molecule has 0 radical (unpaired) electrons. The fourth-order valence-corrected chi connectivity index (χ4v) is 4.15. The molecule has 3 heterocycles. The van der Waals surface area contributed by atoms with Crippen LogP contribution in [0.2, 0.25) is 0 Å². The van der Waals surface area contributed by atoms with Crippen molar-refractivity contribution in [2.45, 2.75) is 18.9 Å². The van der Waals surface area contributed by atoms with Crippen molar-refractivity contribution in [1.29, 1.82) is 0 Å². The van der Waals surface area contributed by atoms with Crippen LogP contribution in [0.4, 0.5) is 0 Å². The normalized spacial score (nSPS) is 15.9. The van der Waals surface area contributed by atoms with E-state index >= 15 is 0 Å². The first-order chi connectivity index (χ1) is 15.2. The van der Waals surface area contributed by atoms with E-state index in [0.717, 1.165) is 40.8 Å². The second-order valence-electron chi connectivity index (χ2n) is 7.60. The van der Waals surface area contributed by atoms with Gasteiger partial charge in [-0.25, -0.2) is 9.97 Å². The third-order valence-corrected chi connectivity index (χ3v) is 5.71. The van der Waals surface area contributed by atoms with E-state index in [9.17, 15) is 4.79 Å². The summed E-state index contributed by atoms with van der Waals surface area (Å²) in [5.74, 6) is 1.41. The Bertz CT molecular complexity index is 1260. The van der Waals surface area contributed by atoms with Crippen molar-refractivity contribution in [2.24, 2.45) is 0 Å². The molecular weight excluding hydrogens is 388 g/mol. The minimum Gasteiger partial charge on any atom is -0.497 e. The van der Waals surface area contributed by atoms with E-state index in [1.807, 2.05) is 65.6 Å². The number of amides is 1. The van der Waals surface area contributed by atoms with E-state index in [4.69, 9.17) is 9.72 Å². The Morgan fingerprint density at radius 3 is 2.87 bits per heavy atom. The Kier molecular flexibility index (Phi) is 5.04. The number of aromatic nitrogens is 3. The summed E-state index contributed by atoms with van der Waals surface area (Å²) in [7, 11) is 1.64. The monoisotopic (exact) mass is 410 g/mol. The molecule has 1 atom stereocenters. The van der Waals surface area contributed by atoms with Gasteiger partial charge in [0.15, 0.2) is 5.82 Å². The van der Waals surface area contributed by atoms with Gasteiger partial charge < -0.3 is 9.64 Å². The Morgan fingerprint density at radius 2 is 1.97 bits per heavy atom. The molecule has 1 amide bonds. The predicted molar refractivity (Wildman–Crippen MR) is 119 cm³/mol. The van der Waals surface area contributed by atoms with Crippen molar-refractivity contribution in [3.63, 3.8) is 0 Å². The molecule has 6 nitrogen and oxygen atoms in total. The zero-order valence-electron chi connectivity index (χ0n) is 17.2. The topological polar surface area (TPSA) is 68.2 Å². The van der Waals surface area contributed by atoms with E-state index in [0.29, 0.717) is 17.9 Å². The molecule has 2 aromatic heterocycles. The number of hydrogen-bond donors (Lipinski definition) is 0. The third-order valence-electron chi connectivity index (χ3n) is 5.71. The van der Waals surface area contributed by atoms with Gasteiger partial charge in [-0.1, -0.05) is 18.2 Å². The molecule has 2 aromatic carbocycles. The molecule has 0 bridgehead atoms. The van der Waals surface area contributed by atoms with E-state index in [1.54, 1.807) is 19.5 Å². The molecule has 4 aromatic rings. The number of rotatable bonds is 4. The lowest BCUT2D eigenvalue weighted by molar-refractivity contribution is 0.0733. The molecule has 0 saturated carbocycles. The van der Waals surface area contributed by atoms with Gasteiger partial charge in [-0.15, -0.1) is 0 Å². The van der Waals surface area contributed by atoms with Gasteiger partial charge in [0.25, 0.3) is 5.91 Å². The first-order valence-electron chi connectivity index (χ1n) is 10.4. The zero-order chi connectivity index (χ0) is 21.2. The summed E-state index contributed by atoms with van der Waals surface area (Å²) in [5.41, 5.74) is 3.31. The number of ether oxygens (including phenoxy) is 1. The minimum absolute atomic E-state index is 0.0230. The van der Waals surface area contributed by atoms with Crippen LogP contribution in [0, 0.1) is 0 Å². The molecule has 1 fully saturated rings. The molecule has 0 unspecified atom stereocenters. The van der Waals surface area contributed by atoms with Crippen LogP contribution >= 0.6 is 0 Å². The Labute approximate surface area is 180 Å². The third kappa shape index (κ3) is 3.72. The highest BCUT2D eigenvalue weighted by Gasteiger charge is 2.32. The summed E-state index contributed by atoms with van der Waals surface area (Å²) >= 11 is 0. The lowest BCUT2D eigenvalue weighted by atomic mass is 10.1. The minimum atomic E-state index is -0.0653. The van der Waals surface area contributed by atoms with Crippen molar-refractivity contribution in [1.82, 2.24) is 19.9 Å². The van der Waals surface area contributed by atoms with Gasteiger partial charge >= 0.3 is 0 Å². The maximum atomic E-state index is 13.4. The fraction of sp³-hybridized carbons (Fsp3) is 0.200. The Morgan fingerprint density at radius 1 is 1.03 bits per heavy atom. The van der Waals surface area contributed by atoms with Gasteiger partial charge in [0.1, 0.15) is 5.75 Å². The van der Waals surface area contributed by atoms with Crippen molar-refractivity contribution in [3.8, 4) is 17.1 Å². The van der Waals surface area contributed by atoms with E-state index < -0.39 is 0 Å². The Balaban J connectivity index is 1.45. The molecule has 0 aliphatic carbocycles. The molecule has 6 heteroatoms. The first-order valence-corrected chi connectivity index (χ1v) is 10.4. The maximum absolute atomic E-state index is 13.4. The van der Waals surface area contributed by atoms with Gasteiger partial charge in [0.05, 0.1) is 24.4 Å². The molecule has 1 aliphatic heterocycles. The smallest absolute Gasteiger partial charge is 0.254 e. The largest absolute Gasteiger partial charge is 0.497 e. The van der Waals surface area contributed by atoms with Crippen LogP contribution in [0.25, 0.3) is 22.3 Å². The lowest BCUT2D eigenvalue weighted by Crippen LogP contribution is -2.31. The second-order valence-corrected chi connectivity index (χ2v) is 7.60. The second kappa shape index (κ2) is 8.14. The summed E-state index contributed by atoms with van der Waals surface area (Å²) in [5, 5.41) is 0.964. The van der Waals surface area contributed by atoms with Gasteiger partial charge in [-0.3, -0.25) is 9.78 Å². The maximum Gasteiger partial charge on any atom is 0.254 e. The number of pyridine rings is 1. The van der Waals surface area contributed by atoms with E-state index in [2.05, 4.69) is 9.97 Å². The molecule has 0 spiro atoms. The van der Waals surface area contributed by atoms with Crippen molar-refractivity contribution < 1.29 is 9.53 Å². The highest BCUT2D eigenvalue weighted by molar-refractivity contribution is 5.98. The number of nitrogens with zero attached hydrogens (tertiary/aromatic N) is 4. The molecule has 5 rings (SSSR count). The molecule has 0 N–H and O–H groups in total. The van der Waals surface area contributed by atoms with Gasteiger partial charge in [0, 0.05) is 35.5 Å². The summed E-state index contributed by atoms with van der Waals surface area (Å²) < 4.78 is 5.32. The number of benzene rings is 2. The average molecular weight is 410 g/mol. The summed E-state index contributed by atoms with van der Waals surface area (Å²) in [4.78, 5) is 28.9. The molecule has 154 valence electrons. The van der Waals surface area contributed by atoms with Gasteiger partial charge in [-0.05, 0) is 55.3 Å². The van der Waals surface area contributed by atoms with Crippen LogP contribution < -0.4 is 4.74 Å². The molecule has 31 heavy (non-hydrogen) atoms. The van der Waals surface area contributed by atoms with Crippen LogP contribution in [-0.2, 0) is 0 Å². The molecular formula is C25H22N4O2. The predicted octanol–water partition coefficient (Wildman–Crippen LogP) is 4.68.